The van der Waals surface area contributed by atoms with E-state index in [1.165, 1.54) is 0 Å². The summed E-state index contributed by atoms with van der Waals surface area (Å²) in [5.41, 5.74) is -1.26. The number of alkyl halides is 1. The van der Waals surface area contributed by atoms with E-state index in [-0.39, 0.29) is 13.0 Å². The number of hydrogen-bond acceptors (Lipinski definition) is 3. The smallest absolute Gasteiger partial charge is 0.153 e. The Labute approximate surface area is 52.5 Å². The molecule has 0 spiro atoms. The lowest BCUT2D eigenvalue weighted by molar-refractivity contribution is 0.0493. The van der Waals surface area contributed by atoms with Crippen molar-refractivity contribution in [2.75, 3.05) is 6.61 Å². The molecule has 50 valence electrons. The van der Waals surface area contributed by atoms with Crippen molar-refractivity contribution in [1.82, 2.24) is 0 Å². The highest BCUT2D eigenvalue weighted by atomic mass is 35.5. The molecule has 3 N–H and O–H groups in total. The zero-order valence-corrected chi connectivity index (χ0v) is 5.04. The fourth-order valence-corrected chi connectivity index (χ4v) is 0.396. The Balaban J connectivity index is 3.17. The first-order valence-corrected chi connectivity index (χ1v) is 2.73. The normalized spacial score (nSPS) is 18.0. The summed E-state index contributed by atoms with van der Waals surface area (Å²) >= 11 is 5.00. The summed E-state index contributed by atoms with van der Waals surface area (Å²) in [6, 6.07) is 0. The van der Waals surface area contributed by atoms with Gasteiger partial charge in [-0.05, 0) is 0 Å². The first-order chi connectivity index (χ1) is 3.68. The zero-order chi connectivity index (χ0) is 6.57. The predicted octanol–water partition coefficient (Wildman–Crippen LogP) is -0.713. The Morgan fingerprint density at radius 2 is 1.88 bits per heavy atom. The molecular weight excluding hydrogens is 131 g/mol. The van der Waals surface area contributed by atoms with Crippen LogP contribution < -0.4 is 0 Å². The molecule has 0 heterocycles. The van der Waals surface area contributed by atoms with Crippen molar-refractivity contribution < 1.29 is 15.3 Å². The van der Waals surface area contributed by atoms with E-state index < -0.39 is 11.7 Å². The first-order valence-electron chi connectivity index (χ1n) is 2.29. The Morgan fingerprint density at radius 3 is 2.00 bits per heavy atom. The lowest BCUT2D eigenvalue weighted by atomic mass is 10.3. The van der Waals surface area contributed by atoms with Gasteiger partial charge in [0, 0.05) is 13.0 Å². The third kappa shape index (κ3) is 3.21. The molecule has 8 heavy (non-hydrogen) atoms. The molecule has 0 saturated carbocycles. The average Bonchev–Trinajstić information content (AvgIpc) is 1.67. The van der Waals surface area contributed by atoms with E-state index in [2.05, 4.69) is 0 Å². The van der Waals surface area contributed by atoms with Gasteiger partial charge in [-0.15, -0.1) is 0 Å². The summed E-state index contributed by atoms with van der Waals surface area (Å²) in [7, 11) is 0. The SMILES string of the molecule is OCCC(O)C(O)Cl. The summed E-state index contributed by atoms with van der Waals surface area (Å²) < 4.78 is 0. The predicted molar refractivity (Wildman–Crippen MR) is 29.6 cm³/mol. The van der Waals surface area contributed by atoms with Gasteiger partial charge in [-0.25, -0.2) is 0 Å². The van der Waals surface area contributed by atoms with Gasteiger partial charge in [0.2, 0.25) is 0 Å². The monoisotopic (exact) mass is 140 g/mol. The molecule has 0 rings (SSSR count). The Kier molecular flexibility index (Phi) is 4.18. The third-order valence-corrected chi connectivity index (χ3v) is 1.03. The number of halogens is 1. The third-order valence-electron chi connectivity index (χ3n) is 0.742. The van der Waals surface area contributed by atoms with Gasteiger partial charge >= 0.3 is 0 Å². The lowest BCUT2D eigenvalue weighted by Gasteiger charge is -2.08. The second-order valence-corrected chi connectivity index (χ2v) is 1.90. The maximum atomic E-state index is 8.58. The largest absolute Gasteiger partial charge is 0.396 e. The molecule has 4 heteroatoms. The average molecular weight is 141 g/mol. The molecule has 0 radical (unpaired) electrons. The van der Waals surface area contributed by atoms with Crippen LogP contribution in [0, 0.1) is 0 Å². The van der Waals surface area contributed by atoms with Gasteiger partial charge < -0.3 is 15.3 Å². The van der Waals surface area contributed by atoms with Crippen LogP contribution in [0.3, 0.4) is 0 Å². The molecule has 0 aromatic carbocycles. The van der Waals surface area contributed by atoms with E-state index in [9.17, 15) is 0 Å². The molecule has 2 atom stereocenters. The Hall–Kier alpha value is 0.170. The van der Waals surface area contributed by atoms with E-state index in [4.69, 9.17) is 26.9 Å². The topological polar surface area (TPSA) is 60.7 Å². The molecule has 0 amide bonds. The highest BCUT2D eigenvalue weighted by Crippen LogP contribution is 2.00. The van der Waals surface area contributed by atoms with Crippen molar-refractivity contribution in [2.24, 2.45) is 0 Å². The van der Waals surface area contributed by atoms with Gasteiger partial charge in [0.05, 0.1) is 6.10 Å². The zero-order valence-electron chi connectivity index (χ0n) is 4.29. The fraction of sp³-hybridized carbons (Fsp3) is 1.00. The summed E-state index contributed by atoms with van der Waals surface area (Å²) in [5.74, 6) is 0. The summed E-state index contributed by atoms with van der Waals surface area (Å²) in [5, 5.41) is 25.1. The van der Waals surface area contributed by atoms with Crippen molar-refractivity contribution in [2.45, 2.75) is 18.1 Å². The standard InChI is InChI=1S/C4H9ClO3/c5-4(8)3(7)1-2-6/h3-4,6-8H,1-2H2. The van der Waals surface area contributed by atoms with Crippen molar-refractivity contribution >= 4 is 11.6 Å². The molecule has 3 nitrogen and oxygen atoms in total. The number of rotatable bonds is 3. The minimum absolute atomic E-state index is 0.116. The molecule has 0 bridgehead atoms. The van der Waals surface area contributed by atoms with E-state index in [1.54, 1.807) is 0 Å². The van der Waals surface area contributed by atoms with Crippen LogP contribution in [0.1, 0.15) is 6.42 Å². The number of hydrogen-bond donors (Lipinski definition) is 3. The van der Waals surface area contributed by atoms with Gasteiger partial charge in [-0.3, -0.25) is 0 Å². The molecule has 0 fully saturated rings. The molecule has 0 saturated heterocycles. The summed E-state index contributed by atoms with van der Waals surface area (Å²) in [6.07, 6.45) is -0.897. The molecule has 0 aromatic rings. The van der Waals surface area contributed by atoms with Crippen molar-refractivity contribution in [3.63, 3.8) is 0 Å². The van der Waals surface area contributed by atoms with Gasteiger partial charge in [-0.1, -0.05) is 11.6 Å². The van der Waals surface area contributed by atoms with Crippen molar-refractivity contribution in [1.29, 1.82) is 0 Å². The molecular formula is C4H9ClO3. The second kappa shape index (κ2) is 4.09. The molecule has 0 aromatic heterocycles. The van der Waals surface area contributed by atoms with Gasteiger partial charge in [-0.2, -0.15) is 0 Å². The Morgan fingerprint density at radius 1 is 1.38 bits per heavy atom. The van der Waals surface area contributed by atoms with Crippen molar-refractivity contribution in [3.05, 3.63) is 0 Å². The number of aliphatic hydroxyl groups excluding tert-OH is 3. The summed E-state index contributed by atoms with van der Waals surface area (Å²) in [6.45, 7) is -0.162. The molecule has 0 aliphatic rings. The van der Waals surface area contributed by atoms with Gasteiger partial charge in [0.15, 0.2) is 5.56 Å². The first kappa shape index (κ1) is 8.17. The van der Waals surface area contributed by atoms with Crippen LogP contribution in [0.2, 0.25) is 0 Å². The Bertz CT molecular complexity index is 57.2. The molecule has 0 aliphatic carbocycles. The maximum Gasteiger partial charge on any atom is 0.153 e. The van der Waals surface area contributed by atoms with Crippen LogP contribution >= 0.6 is 11.6 Å². The van der Waals surface area contributed by atoms with Crippen LogP contribution in [0.15, 0.2) is 0 Å². The quantitative estimate of drug-likeness (QED) is 0.454. The lowest BCUT2D eigenvalue weighted by Crippen LogP contribution is -2.20. The van der Waals surface area contributed by atoms with Gasteiger partial charge in [0.25, 0.3) is 0 Å². The van der Waals surface area contributed by atoms with E-state index >= 15 is 0 Å². The molecule has 2 unspecified atom stereocenters. The van der Waals surface area contributed by atoms with Crippen LogP contribution in [0.25, 0.3) is 0 Å². The highest BCUT2D eigenvalue weighted by molar-refractivity contribution is 6.19. The minimum Gasteiger partial charge on any atom is -0.396 e. The second-order valence-electron chi connectivity index (χ2n) is 1.45. The van der Waals surface area contributed by atoms with Crippen LogP contribution in [-0.4, -0.2) is 33.6 Å². The fourth-order valence-electron chi connectivity index (χ4n) is 0.270. The van der Waals surface area contributed by atoms with E-state index in [0.717, 1.165) is 0 Å². The van der Waals surface area contributed by atoms with Crippen LogP contribution in [0.4, 0.5) is 0 Å². The summed E-state index contributed by atoms with van der Waals surface area (Å²) in [4.78, 5) is 0. The van der Waals surface area contributed by atoms with E-state index in [1.807, 2.05) is 0 Å². The van der Waals surface area contributed by atoms with Crippen molar-refractivity contribution in [3.8, 4) is 0 Å². The maximum absolute atomic E-state index is 8.58. The molecule has 0 aliphatic heterocycles. The number of aliphatic hydroxyl groups is 3. The van der Waals surface area contributed by atoms with Gasteiger partial charge in [0.1, 0.15) is 0 Å². The van der Waals surface area contributed by atoms with Crippen LogP contribution in [0.5, 0.6) is 0 Å². The highest BCUT2D eigenvalue weighted by Gasteiger charge is 2.10. The van der Waals surface area contributed by atoms with Crippen LogP contribution in [-0.2, 0) is 0 Å². The van der Waals surface area contributed by atoms with E-state index in [0.29, 0.717) is 0 Å². The minimum atomic E-state index is -1.26.